The minimum atomic E-state index is -0.643. The molecule has 1 aliphatic carbocycles. The monoisotopic (exact) mass is 443 g/mol. The molecule has 0 aromatic heterocycles. The van der Waals surface area contributed by atoms with E-state index in [1.54, 1.807) is 13.8 Å². The fraction of sp³-hybridized carbons (Fsp3) is 0.577. The Hall–Kier alpha value is -2.47. The van der Waals surface area contributed by atoms with E-state index < -0.39 is 6.10 Å². The summed E-state index contributed by atoms with van der Waals surface area (Å²) >= 11 is 0. The number of carbonyl (C=O) groups excluding carboxylic acids is 1. The predicted molar refractivity (Wildman–Crippen MR) is 124 cm³/mol. The van der Waals surface area contributed by atoms with Crippen LogP contribution in [0.25, 0.3) is 0 Å². The summed E-state index contributed by atoms with van der Waals surface area (Å²) in [6.45, 7) is 7.68. The molecule has 0 radical (unpaired) electrons. The molecule has 0 bridgehead atoms. The van der Waals surface area contributed by atoms with Gasteiger partial charge in [0.25, 0.3) is 0 Å². The molecule has 2 unspecified atom stereocenters. The van der Waals surface area contributed by atoms with Crippen LogP contribution in [0.3, 0.4) is 0 Å². The number of rotatable bonds is 9. The average Bonchev–Trinajstić information content (AvgIpc) is 2.78. The summed E-state index contributed by atoms with van der Waals surface area (Å²) in [7, 11) is 0. The highest BCUT2D eigenvalue weighted by molar-refractivity contribution is 5.74. The second kappa shape index (κ2) is 11.4. The van der Waals surface area contributed by atoms with E-state index in [1.165, 1.54) is 24.8 Å². The van der Waals surface area contributed by atoms with Gasteiger partial charge in [-0.15, -0.1) is 0 Å². The molecular formula is C26H37NO5. The second-order valence-corrected chi connectivity index (χ2v) is 8.75. The van der Waals surface area contributed by atoms with Crippen LogP contribution in [0.5, 0.6) is 5.75 Å². The lowest BCUT2D eigenvalue weighted by molar-refractivity contribution is -0.150. The fourth-order valence-electron chi connectivity index (χ4n) is 4.71. The van der Waals surface area contributed by atoms with Gasteiger partial charge in [-0.1, -0.05) is 25.3 Å². The Kier molecular flexibility index (Phi) is 8.62. The van der Waals surface area contributed by atoms with Crippen LogP contribution in [0, 0.1) is 19.8 Å². The van der Waals surface area contributed by atoms with Crippen LogP contribution in [0.15, 0.2) is 35.7 Å². The van der Waals surface area contributed by atoms with E-state index >= 15 is 0 Å². The summed E-state index contributed by atoms with van der Waals surface area (Å²) in [5.74, 6) is 1.55. The highest BCUT2D eigenvalue weighted by Crippen LogP contribution is 2.33. The van der Waals surface area contributed by atoms with E-state index in [4.69, 9.17) is 14.2 Å². The van der Waals surface area contributed by atoms with Crippen molar-refractivity contribution in [3.05, 3.63) is 52.4 Å². The molecule has 1 aromatic carbocycles. The van der Waals surface area contributed by atoms with E-state index in [9.17, 15) is 9.90 Å². The number of benzene rings is 1. The smallest absolute Gasteiger partial charge is 0.347 e. The molecule has 2 atom stereocenters. The van der Waals surface area contributed by atoms with Gasteiger partial charge >= 0.3 is 5.97 Å². The summed E-state index contributed by atoms with van der Waals surface area (Å²) in [5, 5.41) is 13.0. The van der Waals surface area contributed by atoms with E-state index in [2.05, 4.69) is 25.2 Å². The van der Waals surface area contributed by atoms with Gasteiger partial charge in [-0.2, -0.15) is 0 Å². The zero-order valence-electron chi connectivity index (χ0n) is 19.8. The van der Waals surface area contributed by atoms with Crippen LogP contribution in [-0.4, -0.2) is 36.6 Å². The zero-order chi connectivity index (χ0) is 23.1. The highest BCUT2D eigenvalue weighted by atomic mass is 16.6. The number of ether oxygens (including phenoxy) is 3. The van der Waals surface area contributed by atoms with Crippen molar-refractivity contribution in [2.45, 2.75) is 78.4 Å². The van der Waals surface area contributed by atoms with Crippen LogP contribution in [0.1, 0.15) is 62.6 Å². The topological polar surface area (TPSA) is 77.0 Å². The van der Waals surface area contributed by atoms with Gasteiger partial charge in [-0.05, 0) is 81.9 Å². The Labute approximate surface area is 191 Å². The van der Waals surface area contributed by atoms with Crippen molar-refractivity contribution in [1.82, 2.24) is 5.32 Å². The predicted octanol–water partition coefficient (Wildman–Crippen LogP) is 4.46. The molecule has 6 nitrogen and oxygen atoms in total. The van der Waals surface area contributed by atoms with E-state index in [1.807, 2.05) is 18.2 Å². The number of esters is 1. The quantitative estimate of drug-likeness (QED) is 0.433. The standard InChI is InChI=1S/C26H37NO5/c1-5-30-26(29)19(4)32-22-13-17(2)23(18(3)14-22)15-21-11-12-24(31-16-28)25(27-21)20-9-7-6-8-10-20/h11-14,19-21,27-28H,5-10,15-16H2,1-4H3. The van der Waals surface area contributed by atoms with Gasteiger partial charge in [0.2, 0.25) is 0 Å². The summed E-state index contributed by atoms with van der Waals surface area (Å²) in [4.78, 5) is 11.9. The van der Waals surface area contributed by atoms with E-state index in [0.717, 1.165) is 41.8 Å². The first-order chi connectivity index (χ1) is 15.4. The Balaban J connectivity index is 1.71. The van der Waals surface area contributed by atoms with E-state index in [-0.39, 0.29) is 18.8 Å². The molecule has 1 aromatic rings. The molecule has 6 heteroatoms. The highest BCUT2D eigenvalue weighted by Gasteiger charge is 2.26. The maximum Gasteiger partial charge on any atom is 0.347 e. The second-order valence-electron chi connectivity index (χ2n) is 8.75. The lowest BCUT2D eigenvalue weighted by atomic mass is 9.84. The Bertz CT molecular complexity index is 831. The van der Waals surface area contributed by atoms with Crippen LogP contribution in [-0.2, 0) is 20.7 Å². The number of aryl methyl sites for hydroxylation is 2. The summed E-state index contributed by atoms with van der Waals surface area (Å²) in [6.07, 6.45) is 10.4. The molecule has 0 saturated heterocycles. The first-order valence-electron chi connectivity index (χ1n) is 11.8. The number of nitrogens with one attached hydrogen (secondary N) is 1. The Morgan fingerprint density at radius 2 is 1.88 bits per heavy atom. The minimum absolute atomic E-state index is 0.153. The number of hydrogen-bond donors (Lipinski definition) is 2. The molecule has 0 spiro atoms. The SMILES string of the molecule is CCOC(=O)C(C)Oc1cc(C)c(CC2C=CC(OCO)=C(C3CCCCC3)N2)c(C)c1. The number of allylic oxidation sites excluding steroid dienone is 2. The molecule has 3 rings (SSSR count). The number of aliphatic hydroxyl groups excluding tert-OH is 1. The first kappa shape index (κ1) is 24.2. The normalized spacial score (nSPS) is 20.0. The molecule has 2 N–H and O–H groups in total. The number of carbonyl (C=O) groups is 1. The van der Waals surface area contributed by atoms with Crippen molar-refractivity contribution in [2.24, 2.45) is 5.92 Å². The lowest BCUT2D eigenvalue weighted by Crippen LogP contribution is -2.36. The van der Waals surface area contributed by atoms with Crippen molar-refractivity contribution < 1.29 is 24.1 Å². The number of dihydropyridines is 1. The third kappa shape index (κ3) is 6.06. The molecule has 1 heterocycles. The third-order valence-corrected chi connectivity index (χ3v) is 6.34. The summed E-state index contributed by atoms with van der Waals surface area (Å²) < 4.78 is 16.4. The van der Waals surface area contributed by atoms with Gasteiger partial charge in [0, 0.05) is 12.0 Å². The molecular weight excluding hydrogens is 406 g/mol. The molecule has 1 fully saturated rings. The zero-order valence-corrected chi connectivity index (χ0v) is 19.8. The van der Waals surface area contributed by atoms with Crippen molar-refractivity contribution in [1.29, 1.82) is 0 Å². The maximum atomic E-state index is 11.9. The lowest BCUT2D eigenvalue weighted by Gasteiger charge is -2.32. The van der Waals surface area contributed by atoms with Crippen molar-refractivity contribution >= 4 is 5.97 Å². The van der Waals surface area contributed by atoms with Gasteiger partial charge in [0.05, 0.1) is 12.3 Å². The minimum Gasteiger partial charge on any atom is -0.479 e. The molecule has 1 saturated carbocycles. The van der Waals surface area contributed by atoms with Gasteiger partial charge in [0.1, 0.15) is 11.5 Å². The molecule has 1 aliphatic heterocycles. The number of aliphatic hydroxyl groups is 1. The number of hydrogen-bond acceptors (Lipinski definition) is 6. The molecule has 2 aliphatic rings. The molecule has 176 valence electrons. The Morgan fingerprint density at radius 3 is 2.50 bits per heavy atom. The molecule has 32 heavy (non-hydrogen) atoms. The van der Waals surface area contributed by atoms with Crippen LogP contribution >= 0.6 is 0 Å². The van der Waals surface area contributed by atoms with Crippen molar-refractivity contribution in [2.75, 3.05) is 13.4 Å². The van der Waals surface area contributed by atoms with Crippen molar-refractivity contribution in [3.63, 3.8) is 0 Å². The van der Waals surface area contributed by atoms with Crippen LogP contribution in [0.2, 0.25) is 0 Å². The van der Waals surface area contributed by atoms with Gasteiger partial charge in [-0.25, -0.2) is 4.79 Å². The fourth-order valence-corrected chi connectivity index (χ4v) is 4.71. The van der Waals surface area contributed by atoms with Gasteiger partial charge in [0.15, 0.2) is 12.9 Å². The van der Waals surface area contributed by atoms with Crippen molar-refractivity contribution in [3.8, 4) is 5.75 Å². The maximum absolute atomic E-state index is 11.9. The summed E-state index contributed by atoms with van der Waals surface area (Å²) in [5.41, 5.74) is 4.65. The third-order valence-electron chi connectivity index (χ3n) is 6.34. The average molecular weight is 444 g/mol. The van der Waals surface area contributed by atoms with Gasteiger partial charge in [-0.3, -0.25) is 0 Å². The van der Waals surface area contributed by atoms with Gasteiger partial charge < -0.3 is 24.6 Å². The summed E-state index contributed by atoms with van der Waals surface area (Å²) in [6, 6.07) is 4.13. The van der Waals surface area contributed by atoms with E-state index in [0.29, 0.717) is 18.3 Å². The largest absolute Gasteiger partial charge is 0.479 e. The molecule has 0 amide bonds. The first-order valence-corrected chi connectivity index (χ1v) is 11.8. The van der Waals surface area contributed by atoms with Crippen LogP contribution in [0.4, 0.5) is 0 Å². The Morgan fingerprint density at radius 1 is 1.19 bits per heavy atom. The van der Waals surface area contributed by atoms with Crippen LogP contribution < -0.4 is 10.1 Å².